The Labute approximate surface area is 72.9 Å². The lowest BCUT2D eigenvalue weighted by atomic mass is 9.98. The first kappa shape index (κ1) is 8.73. The van der Waals surface area contributed by atoms with Crippen LogP contribution in [0.1, 0.15) is 36.6 Å². The molecule has 1 rings (SSSR count). The summed E-state index contributed by atoms with van der Waals surface area (Å²) in [6, 6.07) is 4.05. The predicted molar refractivity (Wildman–Crippen MR) is 47.8 cm³/mol. The summed E-state index contributed by atoms with van der Waals surface area (Å²) in [4.78, 5) is 3.98. The Morgan fingerprint density at radius 2 is 2.17 bits per heavy atom. The van der Waals surface area contributed by atoms with Crippen molar-refractivity contribution in [2.75, 3.05) is 0 Å². The molecule has 0 aliphatic rings. The standard InChI is InChI=1S/C10H12N2/c1-7(2)9-4-5-12-10(6-11)8(9)3/h4-5,7H,1-3H3. The van der Waals surface area contributed by atoms with E-state index >= 15 is 0 Å². The van der Waals surface area contributed by atoms with Gasteiger partial charge in [0.05, 0.1) is 0 Å². The van der Waals surface area contributed by atoms with Crippen LogP contribution in [0.25, 0.3) is 0 Å². The highest BCUT2D eigenvalue weighted by atomic mass is 14.7. The molecule has 2 nitrogen and oxygen atoms in total. The largest absolute Gasteiger partial charge is 0.245 e. The van der Waals surface area contributed by atoms with Crippen molar-refractivity contribution in [1.82, 2.24) is 4.98 Å². The first-order valence-corrected chi connectivity index (χ1v) is 4.02. The molecule has 62 valence electrons. The van der Waals surface area contributed by atoms with E-state index in [1.54, 1.807) is 6.20 Å². The van der Waals surface area contributed by atoms with Crippen LogP contribution >= 0.6 is 0 Å². The van der Waals surface area contributed by atoms with Gasteiger partial charge in [-0.05, 0) is 30.0 Å². The molecule has 2 heteroatoms. The summed E-state index contributed by atoms with van der Waals surface area (Å²) in [7, 11) is 0. The number of rotatable bonds is 1. The van der Waals surface area contributed by atoms with Crippen LogP contribution in [-0.4, -0.2) is 4.98 Å². The average molecular weight is 160 g/mol. The molecule has 0 atom stereocenters. The van der Waals surface area contributed by atoms with Gasteiger partial charge in [-0.15, -0.1) is 0 Å². The van der Waals surface area contributed by atoms with Crippen LogP contribution in [0.2, 0.25) is 0 Å². The fraction of sp³-hybridized carbons (Fsp3) is 0.400. The fourth-order valence-corrected chi connectivity index (χ4v) is 1.29. The third-order valence-electron chi connectivity index (χ3n) is 1.97. The van der Waals surface area contributed by atoms with Crippen LogP contribution in [-0.2, 0) is 0 Å². The van der Waals surface area contributed by atoms with E-state index < -0.39 is 0 Å². The van der Waals surface area contributed by atoms with Gasteiger partial charge in [0, 0.05) is 6.20 Å². The molecule has 0 radical (unpaired) electrons. The maximum absolute atomic E-state index is 8.71. The molecular formula is C10H12N2. The van der Waals surface area contributed by atoms with Crippen LogP contribution in [0.4, 0.5) is 0 Å². The zero-order valence-electron chi connectivity index (χ0n) is 7.63. The van der Waals surface area contributed by atoms with Crippen LogP contribution in [0.5, 0.6) is 0 Å². The molecule has 0 spiro atoms. The molecule has 12 heavy (non-hydrogen) atoms. The molecular weight excluding hydrogens is 148 g/mol. The van der Waals surface area contributed by atoms with Gasteiger partial charge in [-0.3, -0.25) is 0 Å². The summed E-state index contributed by atoms with van der Waals surface area (Å²) in [5, 5.41) is 8.71. The first-order chi connectivity index (χ1) is 5.66. The average Bonchev–Trinajstić information content (AvgIpc) is 2.04. The third kappa shape index (κ3) is 1.45. The zero-order chi connectivity index (χ0) is 9.14. The molecule has 0 fully saturated rings. The highest BCUT2D eigenvalue weighted by Crippen LogP contribution is 2.19. The van der Waals surface area contributed by atoms with Gasteiger partial charge in [-0.2, -0.15) is 5.26 Å². The van der Waals surface area contributed by atoms with Crippen molar-refractivity contribution in [1.29, 1.82) is 5.26 Å². The monoisotopic (exact) mass is 160 g/mol. The van der Waals surface area contributed by atoms with E-state index in [2.05, 4.69) is 24.9 Å². The lowest BCUT2D eigenvalue weighted by Crippen LogP contribution is -1.96. The van der Waals surface area contributed by atoms with E-state index in [1.165, 1.54) is 5.56 Å². The van der Waals surface area contributed by atoms with Crippen molar-refractivity contribution in [2.24, 2.45) is 0 Å². The minimum atomic E-state index is 0.458. The van der Waals surface area contributed by atoms with Crippen LogP contribution < -0.4 is 0 Å². The summed E-state index contributed by atoms with van der Waals surface area (Å²) in [6.45, 7) is 6.17. The molecule has 0 N–H and O–H groups in total. The van der Waals surface area contributed by atoms with Gasteiger partial charge in [0.2, 0.25) is 0 Å². The van der Waals surface area contributed by atoms with Crippen molar-refractivity contribution in [2.45, 2.75) is 26.7 Å². The Kier molecular flexibility index (Phi) is 2.44. The van der Waals surface area contributed by atoms with E-state index in [1.807, 2.05) is 13.0 Å². The highest BCUT2D eigenvalue weighted by Gasteiger charge is 2.06. The molecule has 1 aromatic rings. The molecule has 0 saturated heterocycles. The molecule has 0 aliphatic heterocycles. The Morgan fingerprint density at radius 1 is 1.50 bits per heavy atom. The van der Waals surface area contributed by atoms with Gasteiger partial charge in [-0.25, -0.2) is 4.98 Å². The number of hydrogen-bond donors (Lipinski definition) is 0. The molecule has 0 saturated carbocycles. The second-order valence-electron chi connectivity index (χ2n) is 3.14. The summed E-state index contributed by atoms with van der Waals surface area (Å²) in [6.07, 6.45) is 1.70. The predicted octanol–water partition coefficient (Wildman–Crippen LogP) is 2.39. The smallest absolute Gasteiger partial charge is 0.143 e. The van der Waals surface area contributed by atoms with Crippen molar-refractivity contribution >= 4 is 0 Å². The van der Waals surface area contributed by atoms with Gasteiger partial charge in [0.25, 0.3) is 0 Å². The summed E-state index contributed by atoms with van der Waals surface area (Å²) in [5.41, 5.74) is 2.76. The molecule has 0 amide bonds. The van der Waals surface area contributed by atoms with Gasteiger partial charge < -0.3 is 0 Å². The van der Waals surface area contributed by atoms with Gasteiger partial charge >= 0.3 is 0 Å². The molecule has 0 unspecified atom stereocenters. The van der Waals surface area contributed by atoms with E-state index in [9.17, 15) is 0 Å². The minimum absolute atomic E-state index is 0.458. The van der Waals surface area contributed by atoms with Gasteiger partial charge in [-0.1, -0.05) is 13.8 Å². The minimum Gasteiger partial charge on any atom is -0.245 e. The fourth-order valence-electron chi connectivity index (χ4n) is 1.29. The van der Waals surface area contributed by atoms with E-state index in [0.717, 1.165) is 5.56 Å². The van der Waals surface area contributed by atoms with Crippen molar-refractivity contribution in [3.05, 3.63) is 29.1 Å². The second kappa shape index (κ2) is 3.36. The Hall–Kier alpha value is -1.36. The summed E-state index contributed by atoms with van der Waals surface area (Å²) < 4.78 is 0. The lowest BCUT2D eigenvalue weighted by molar-refractivity contribution is 0.849. The van der Waals surface area contributed by atoms with Crippen molar-refractivity contribution in [3.8, 4) is 6.07 Å². The zero-order valence-corrected chi connectivity index (χ0v) is 7.63. The normalized spacial score (nSPS) is 9.92. The number of nitrogens with zero attached hydrogens (tertiary/aromatic N) is 2. The van der Waals surface area contributed by atoms with Crippen LogP contribution in [0, 0.1) is 18.3 Å². The summed E-state index contributed by atoms with van der Waals surface area (Å²) >= 11 is 0. The number of nitriles is 1. The third-order valence-corrected chi connectivity index (χ3v) is 1.97. The molecule has 0 bridgehead atoms. The van der Waals surface area contributed by atoms with E-state index in [-0.39, 0.29) is 0 Å². The molecule has 0 aromatic carbocycles. The highest BCUT2D eigenvalue weighted by molar-refractivity contribution is 5.37. The van der Waals surface area contributed by atoms with Gasteiger partial charge in [0.1, 0.15) is 11.8 Å². The maximum Gasteiger partial charge on any atom is 0.143 e. The van der Waals surface area contributed by atoms with Crippen molar-refractivity contribution < 1.29 is 0 Å². The Bertz CT molecular complexity index is 321. The van der Waals surface area contributed by atoms with Gasteiger partial charge in [0.15, 0.2) is 0 Å². The van der Waals surface area contributed by atoms with E-state index in [4.69, 9.17) is 5.26 Å². The lowest BCUT2D eigenvalue weighted by Gasteiger charge is -2.08. The number of hydrogen-bond acceptors (Lipinski definition) is 2. The number of pyridine rings is 1. The van der Waals surface area contributed by atoms with Crippen LogP contribution in [0.15, 0.2) is 12.3 Å². The Balaban J connectivity index is 3.25. The Morgan fingerprint density at radius 3 is 2.67 bits per heavy atom. The van der Waals surface area contributed by atoms with Crippen molar-refractivity contribution in [3.63, 3.8) is 0 Å². The number of aromatic nitrogens is 1. The molecule has 1 aromatic heterocycles. The quantitative estimate of drug-likeness (QED) is 0.632. The second-order valence-corrected chi connectivity index (χ2v) is 3.14. The molecule has 1 heterocycles. The topological polar surface area (TPSA) is 36.7 Å². The SMILES string of the molecule is Cc1c(C(C)C)ccnc1C#N. The first-order valence-electron chi connectivity index (χ1n) is 4.02. The van der Waals surface area contributed by atoms with Crippen LogP contribution in [0.3, 0.4) is 0 Å². The summed E-state index contributed by atoms with van der Waals surface area (Å²) in [5.74, 6) is 0.458. The molecule has 0 aliphatic carbocycles. The maximum atomic E-state index is 8.71. The van der Waals surface area contributed by atoms with E-state index in [0.29, 0.717) is 11.6 Å².